The average Bonchev–Trinajstić information content (AvgIpc) is 3.53. The molecule has 1 amide bonds. The molecule has 3 aromatic rings. The molecule has 0 atom stereocenters. The lowest BCUT2D eigenvalue weighted by atomic mass is 10.1. The van der Waals surface area contributed by atoms with E-state index in [1.165, 1.54) is 23.0 Å². The standard InChI is InChI=1S/C22H24F2N8O4S2/c1-13(2)20(33)31-6-4-30(5-7-31)16-8-14(38(34,35)29-22(25-3)11-36-12-22)9-17-15(16)10-26-32(17)21-28-27-19(37-21)18(23)24/h8-10,13,18,29H,4-7,11-12H2,1-2H3. The number of sulfonamides is 1. The number of anilines is 1. The first kappa shape index (κ1) is 26.4. The van der Waals surface area contributed by atoms with Crippen LogP contribution in [0.1, 0.15) is 25.3 Å². The van der Waals surface area contributed by atoms with Crippen molar-refractivity contribution in [1.82, 2.24) is 29.6 Å². The molecule has 2 saturated heterocycles. The van der Waals surface area contributed by atoms with Crippen LogP contribution >= 0.6 is 11.3 Å². The fourth-order valence-electron chi connectivity index (χ4n) is 4.34. The van der Waals surface area contributed by atoms with Gasteiger partial charge in [0.1, 0.15) is 13.2 Å². The number of carbonyl (C=O) groups excluding carboxylic acids is 1. The Labute approximate surface area is 221 Å². The van der Waals surface area contributed by atoms with Crippen molar-refractivity contribution in [3.05, 3.63) is 34.8 Å². The van der Waals surface area contributed by atoms with Gasteiger partial charge in [-0.15, -0.1) is 14.9 Å². The lowest BCUT2D eigenvalue weighted by molar-refractivity contribution is -0.134. The van der Waals surface area contributed by atoms with Gasteiger partial charge < -0.3 is 14.5 Å². The van der Waals surface area contributed by atoms with Crippen molar-refractivity contribution in [3.8, 4) is 5.13 Å². The average molecular weight is 567 g/mol. The van der Waals surface area contributed by atoms with E-state index in [1.807, 2.05) is 18.7 Å². The fourth-order valence-corrected chi connectivity index (χ4v) is 6.32. The Morgan fingerprint density at radius 1 is 1.21 bits per heavy atom. The smallest absolute Gasteiger partial charge is 0.344 e. The maximum absolute atomic E-state index is 13.4. The number of aromatic nitrogens is 4. The number of alkyl halides is 2. The molecule has 0 aliphatic carbocycles. The van der Waals surface area contributed by atoms with Gasteiger partial charge >= 0.3 is 5.66 Å². The summed E-state index contributed by atoms with van der Waals surface area (Å²) in [5, 5.41) is 11.8. The second kappa shape index (κ2) is 9.80. The predicted octanol–water partition coefficient (Wildman–Crippen LogP) is 2.04. The number of benzene rings is 1. The minimum Gasteiger partial charge on any atom is -0.367 e. The van der Waals surface area contributed by atoms with Crippen LogP contribution in [0.2, 0.25) is 0 Å². The highest BCUT2D eigenvalue weighted by molar-refractivity contribution is 7.89. The molecule has 5 rings (SSSR count). The number of halogens is 2. The van der Waals surface area contributed by atoms with Gasteiger partial charge in [-0.1, -0.05) is 25.2 Å². The van der Waals surface area contributed by atoms with E-state index in [-0.39, 0.29) is 35.1 Å². The van der Waals surface area contributed by atoms with E-state index in [0.29, 0.717) is 54.1 Å². The summed E-state index contributed by atoms with van der Waals surface area (Å²) in [4.78, 5) is 19.5. The highest BCUT2D eigenvalue weighted by Gasteiger charge is 2.49. The van der Waals surface area contributed by atoms with Crippen molar-refractivity contribution in [2.24, 2.45) is 5.92 Å². The van der Waals surface area contributed by atoms with Crippen LogP contribution in [0.4, 0.5) is 14.5 Å². The van der Waals surface area contributed by atoms with Crippen LogP contribution < -0.4 is 9.62 Å². The number of nitrogens with one attached hydrogen (secondary N) is 1. The van der Waals surface area contributed by atoms with Crippen LogP contribution in [0.25, 0.3) is 20.9 Å². The normalized spacial score (nSPS) is 17.7. The first-order valence-corrected chi connectivity index (χ1v) is 14.0. The fraction of sp³-hybridized carbons (Fsp3) is 0.500. The number of rotatable bonds is 7. The molecule has 202 valence electrons. The van der Waals surface area contributed by atoms with Gasteiger partial charge in [-0.3, -0.25) is 9.64 Å². The van der Waals surface area contributed by atoms with Crippen molar-refractivity contribution >= 4 is 43.9 Å². The lowest BCUT2D eigenvalue weighted by Gasteiger charge is -2.37. The molecule has 0 radical (unpaired) electrons. The summed E-state index contributed by atoms with van der Waals surface area (Å²) in [7, 11) is -4.19. The molecule has 2 aliphatic heterocycles. The molecule has 0 unspecified atom stereocenters. The summed E-state index contributed by atoms with van der Waals surface area (Å²) < 4.78 is 61.9. The van der Waals surface area contributed by atoms with Gasteiger partial charge in [0.15, 0.2) is 5.01 Å². The van der Waals surface area contributed by atoms with Crippen molar-refractivity contribution < 1.29 is 26.7 Å². The third-order valence-electron chi connectivity index (χ3n) is 6.39. The Morgan fingerprint density at radius 3 is 2.47 bits per heavy atom. The molecule has 2 aromatic heterocycles. The quantitative estimate of drug-likeness (QED) is 0.431. The summed E-state index contributed by atoms with van der Waals surface area (Å²) in [6.45, 7) is 12.7. The third kappa shape index (κ3) is 4.70. The number of amides is 1. The zero-order valence-electron chi connectivity index (χ0n) is 20.5. The molecular formula is C22H24F2N8O4S2. The minimum absolute atomic E-state index is 0.0430. The number of carbonyl (C=O) groups is 1. The van der Waals surface area contributed by atoms with Crippen LogP contribution in [-0.2, 0) is 19.6 Å². The van der Waals surface area contributed by atoms with Crippen LogP contribution in [0, 0.1) is 12.5 Å². The second-order valence-electron chi connectivity index (χ2n) is 9.36. The van der Waals surface area contributed by atoms with Gasteiger partial charge in [-0.05, 0) is 12.1 Å². The lowest BCUT2D eigenvalue weighted by Crippen LogP contribution is -2.59. The largest absolute Gasteiger partial charge is 0.367 e. The second-order valence-corrected chi connectivity index (χ2v) is 12.0. The van der Waals surface area contributed by atoms with Crippen molar-refractivity contribution in [2.75, 3.05) is 44.3 Å². The highest BCUT2D eigenvalue weighted by atomic mass is 32.2. The number of hydrogen-bond acceptors (Lipinski definition) is 9. The van der Waals surface area contributed by atoms with Gasteiger partial charge in [0.05, 0.1) is 16.6 Å². The van der Waals surface area contributed by atoms with Crippen molar-refractivity contribution in [2.45, 2.75) is 30.8 Å². The highest BCUT2D eigenvalue weighted by Crippen LogP contribution is 2.35. The van der Waals surface area contributed by atoms with E-state index < -0.39 is 27.1 Å². The summed E-state index contributed by atoms with van der Waals surface area (Å²) in [6.07, 6.45) is -1.29. The van der Waals surface area contributed by atoms with E-state index in [4.69, 9.17) is 11.3 Å². The molecule has 4 heterocycles. The van der Waals surface area contributed by atoms with E-state index >= 15 is 0 Å². The minimum atomic E-state index is -4.19. The van der Waals surface area contributed by atoms with Gasteiger partial charge in [-0.25, -0.2) is 28.5 Å². The van der Waals surface area contributed by atoms with Gasteiger partial charge in [-0.2, -0.15) is 5.10 Å². The summed E-state index contributed by atoms with van der Waals surface area (Å²) in [5.41, 5.74) is -0.518. The number of fused-ring (bicyclic) bond motifs is 1. The van der Waals surface area contributed by atoms with Crippen molar-refractivity contribution in [3.63, 3.8) is 0 Å². The van der Waals surface area contributed by atoms with Crippen LogP contribution in [0.5, 0.6) is 0 Å². The molecule has 2 fully saturated rings. The van der Waals surface area contributed by atoms with E-state index in [1.54, 1.807) is 4.90 Å². The van der Waals surface area contributed by atoms with E-state index in [0.717, 1.165) is 0 Å². The topological polar surface area (TPSA) is 127 Å². The molecule has 1 N–H and O–H groups in total. The SMILES string of the molecule is [C-]#[N+]C1(NS(=O)(=O)c2cc(N3CCN(C(=O)C(C)C)CC3)c3cnn(-c4nnc(C(F)F)s4)c3c2)COC1. The maximum atomic E-state index is 13.4. The number of ether oxygens (including phenoxy) is 1. The van der Waals surface area contributed by atoms with E-state index in [9.17, 15) is 22.0 Å². The Balaban J connectivity index is 1.58. The van der Waals surface area contributed by atoms with Crippen molar-refractivity contribution in [1.29, 1.82) is 0 Å². The van der Waals surface area contributed by atoms with Gasteiger partial charge in [0, 0.05) is 43.2 Å². The molecular weight excluding hydrogens is 542 g/mol. The number of piperazine rings is 1. The number of hydrogen-bond donors (Lipinski definition) is 1. The zero-order valence-corrected chi connectivity index (χ0v) is 22.1. The molecule has 2 aliphatic rings. The molecule has 0 bridgehead atoms. The Hall–Kier alpha value is -3.26. The Morgan fingerprint density at radius 2 is 1.92 bits per heavy atom. The first-order chi connectivity index (χ1) is 18.0. The molecule has 16 heteroatoms. The molecule has 38 heavy (non-hydrogen) atoms. The number of nitrogens with zero attached hydrogens (tertiary/aromatic N) is 7. The van der Waals surface area contributed by atoms with Crippen LogP contribution in [0.3, 0.4) is 0 Å². The molecule has 1 aromatic carbocycles. The van der Waals surface area contributed by atoms with Gasteiger partial charge in [0.25, 0.3) is 6.43 Å². The zero-order chi connectivity index (χ0) is 27.2. The maximum Gasteiger partial charge on any atom is 0.344 e. The summed E-state index contributed by atoms with van der Waals surface area (Å²) in [5.74, 6) is -0.0947. The predicted molar refractivity (Wildman–Crippen MR) is 134 cm³/mol. The van der Waals surface area contributed by atoms with E-state index in [2.05, 4.69) is 24.9 Å². The van der Waals surface area contributed by atoms with Crippen LogP contribution in [0.15, 0.2) is 23.2 Å². The Kier molecular flexibility index (Phi) is 6.80. The first-order valence-electron chi connectivity index (χ1n) is 11.7. The molecule has 0 saturated carbocycles. The third-order valence-corrected chi connectivity index (χ3v) is 8.81. The Bertz CT molecular complexity index is 1520. The van der Waals surface area contributed by atoms with Crippen LogP contribution in [-0.4, -0.2) is 84.3 Å². The molecule has 12 nitrogen and oxygen atoms in total. The monoisotopic (exact) mass is 566 g/mol. The summed E-state index contributed by atoms with van der Waals surface area (Å²) >= 11 is 0.650. The van der Waals surface area contributed by atoms with Gasteiger partial charge in [0.2, 0.25) is 21.1 Å². The molecule has 0 spiro atoms. The summed E-state index contributed by atoms with van der Waals surface area (Å²) in [6, 6.07) is 2.87.